The van der Waals surface area contributed by atoms with Crippen molar-refractivity contribution in [1.29, 1.82) is 0 Å². The van der Waals surface area contributed by atoms with Crippen LogP contribution in [0.2, 0.25) is 0 Å². The third-order valence-corrected chi connectivity index (χ3v) is 6.74. The van der Waals surface area contributed by atoms with Crippen LogP contribution in [0.15, 0.2) is 4.99 Å². The van der Waals surface area contributed by atoms with Gasteiger partial charge in [-0.1, -0.05) is 11.8 Å². The molecule has 0 aromatic carbocycles. The van der Waals surface area contributed by atoms with Crippen LogP contribution in [0.4, 0.5) is 0 Å². The first-order chi connectivity index (χ1) is 8.12. The van der Waals surface area contributed by atoms with Crippen LogP contribution in [0.25, 0.3) is 0 Å². The van der Waals surface area contributed by atoms with Crippen LogP contribution in [-0.4, -0.2) is 42.9 Å². The van der Waals surface area contributed by atoms with E-state index in [-0.39, 0.29) is 11.8 Å². The van der Waals surface area contributed by atoms with Gasteiger partial charge in [-0.25, -0.2) is 8.42 Å². The second-order valence-corrected chi connectivity index (χ2v) is 8.69. The first kappa shape index (κ1) is 11.8. The molecule has 2 atom stereocenters. The predicted octanol–water partition coefficient (Wildman–Crippen LogP) is 1.03. The van der Waals surface area contributed by atoms with Crippen LogP contribution >= 0.6 is 11.8 Å². The van der Waals surface area contributed by atoms with Crippen molar-refractivity contribution in [1.82, 2.24) is 5.32 Å². The highest BCUT2D eigenvalue weighted by molar-refractivity contribution is 8.14. The third kappa shape index (κ3) is 2.96. The lowest BCUT2D eigenvalue weighted by atomic mass is 10.2. The van der Waals surface area contributed by atoms with E-state index in [1.165, 1.54) is 12.8 Å². The van der Waals surface area contributed by atoms with E-state index in [1.807, 2.05) is 11.8 Å². The highest BCUT2D eigenvalue weighted by Crippen LogP contribution is 2.41. The SMILES string of the molecule is O=S1(=O)CCCC(NC2=NCC(C3CC3)S2)C1. The minimum Gasteiger partial charge on any atom is -0.361 e. The summed E-state index contributed by atoms with van der Waals surface area (Å²) in [5, 5.41) is 4.95. The summed E-state index contributed by atoms with van der Waals surface area (Å²) in [4.78, 5) is 4.49. The molecule has 1 saturated heterocycles. The molecule has 3 rings (SSSR count). The molecular weight excluding hydrogens is 256 g/mol. The van der Waals surface area contributed by atoms with E-state index in [4.69, 9.17) is 0 Å². The van der Waals surface area contributed by atoms with Crippen LogP contribution in [0.1, 0.15) is 25.7 Å². The number of thioether (sulfide) groups is 1. The Labute approximate surface area is 107 Å². The van der Waals surface area contributed by atoms with Gasteiger partial charge in [0.25, 0.3) is 0 Å². The van der Waals surface area contributed by atoms with Gasteiger partial charge in [0.2, 0.25) is 0 Å². The maximum Gasteiger partial charge on any atom is 0.157 e. The fourth-order valence-corrected chi connectivity index (χ4v) is 5.42. The van der Waals surface area contributed by atoms with Gasteiger partial charge in [-0.2, -0.15) is 0 Å². The van der Waals surface area contributed by atoms with Crippen LogP contribution in [-0.2, 0) is 9.84 Å². The number of amidine groups is 1. The summed E-state index contributed by atoms with van der Waals surface area (Å²) in [7, 11) is -2.82. The van der Waals surface area contributed by atoms with E-state index >= 15 is 0 Å². The highest BCUT2D eigenvalue weighted by atomic mass is 32.2. The lowest BCUT2D eigenvalue weighted by Gasteiger charge is -2.23. The molecule has 96 valence electrons. The van der Waals surface area contributed by atoms with Gasteiger partial charge in [0.15, 0.2) is 15.0 Å². The van der Waals surface area contributed by atoms with Gasteiger partial charge in [0, 0.05) is 11.3 Å². The summed E-state index contributed by atoms with van der Waals surface area (Å²) in [5.74, 6) is 1.49. The number of nitrogens with one attached hydrogen (secondary N) is 1. The number of aliphatic imine (C=N–C) groups is 1. The molecule has 0 amide bonds. The first-order valence-corrected chi connectivity index (χ1v) is 9.00. The van der Waals surface area contributed by atoms with Crippen molar-refractivity contribution >= 4 is 26.8 Å². The average molecular weight is 274 g/mol. The molecule has 4 nitrogen and oxygen atoms in total. The number of hydrogen-bond donors (Lipinski definition) is 1. The van der Waals surface area contributed by atoms with Crippen molar-refractivity contribution in [3.8, 4) is 0 Å². The van der Waals surface area contributed by atoms with E-state index in [0.29, 0.717) is 11.0 Å². The number of hydrogen-bond acceptors (Lipinski definition) is 5. The fraction of sp³-hybridized carbons (Fsp3) is 0.909. The lowest BCUT2D eigenvalue weighted by molar-refractivity contribution is 0.533. The van der Waals surface area contributed by atoms with E-state index in [0.717, 1.165) is 30.5 Å². The first-order valence-electron chi connectivity index (χ1n) is 6.30. The zero-order chi connectivity index (χ0) is 11.9. The summed E-state index contributed by atoms with van der Waals surface area (Å²) in [5.41, 5.74) is 0. The van der Waals surface area contributed by atoms with Crippen LogP contribution in [0.3, 0.4) is 0 Å². The monoisotopic (exact) mass is 274 g/mol. The number of sulfone groups is 1. The molecule has 2 fully saturated rings. The van der Waals surface area contributed by atoms with Crippen LogP contribution < -0.4 is 5.32 Å². The topological polar surface area (TPSA) is 58.5 Å². The van der Waals surface area contributed by atoms with E-state index < -0.39 is 9.84 Å². The zero-order valence-corrected chi connectivity index (χ0v) is 11.4. The zero-order valence-electron chi connectivity index (χ0n) is 9.76. The Bertz CT molecular complexity index is 429. The molecule has 2 heterocycles. The quantitative estimate of drug-likeness (QED) is 0.817. The highest BCUT2D eigenvalue weighted by Gasteiger charge is 2.36. The molecule has 1 aliphatic carbocycles. The van der Waals surface area contributed by atoms with Crippen molar-refractivity contribution in [2.45, 2.75) is 37.0 Å². The van der Waals surface area contributed by atoms with E-state index in [2.05, 4.69) is 10.3 Å². The van der Waals surface area contributed by atoms with Crippen molar-refractivity contribution in [3.05, 3.63) is 0 Å². The Morgan fingerprint density at radius 2 is 2.12 bits per heavy atom. The molecule has 2 unspecified atom stereocenters. The van der Waals surface area contributed by atoms with Gasteiger partial charge in [0.05, 0.1) is 18.1 Å². The largest absolute Gasteiger partial charge is 0.361 e. The van der Waals surface area contributed by atoms with Crippen molar-refractivity contribution in [2.24, 2.45) is 10.9 Å². The minimum absolute atomic E-state index is 0.0814. The Morgan fingerprint density at radius 1 is 1.29 bits per heavy atom. The van der Waals surface area contributed by atoms with Gasteiger partial charge in [-0.15, -0.1) is 0 Å². The lowest BCUT2D eigenvalue weighted by Crippen LogP contribution is -2.42. The Morgan fingerprint density at radius 3 is 2.82 bits per heavy atom. The Hall–Kier alpha value is -0.230. The molecule has 3 aliphatic rings. The maximum atomic E-state index is 11.5. The van der Waals surface area contributed by atoms with Crippen LogP contribution in [0.5, 0.6) is 0 Å². The molecule has 17 heavy (non-hydrogen) atoms. The van der Waals surface area contributed by atoms with Gasteiger partial charge < -0.3 is 5.32 Å². The Balaban J connectivity index is 1.53. The molecule has 1 saturated carbocycles. The van der Waals surface area contributed by atoms with Crippen LogP contribution in [0, 0.1) is 5.92 Å². The molecule has 0 spiro atoms. The maximum absolute atomic E-state index is 11.5. The second kappa shape index (κ2) is 4.46. The summed E-state index contributed by atoms with van der Waals surface area (Å²) in [6.07, 6.45) is 4.42. The smallest absolute Gasteiger partial charge is 0.157 e. The molecule has 6 heteroatoms. The van der Waals surface area contributed by atoms with E-state index in [1.54, 1.807) is 0 Å². The second-order valence-electron chi connectivity index (χ2n) is 5.24. The summed E-state index contributed by atoms with van der Waals surface area (Å²) >= 11 is 1.82. The molecular formula is C11H18N2O2S2. The number of nitrogens with zero attached hydrogens (tertiary/aromatic N) is 1. The van der Waals surface area contributed by atoms with Gasteiger partial charge in [0.1, 0.15) is 0 Å². The molecule has 0 aromatic heterocycles. The van der Waals surface area contributed by atoms with Crippen molar-refractivity contribution < 1.29 is 8.42 Å². The van der Waals surface area contributed by atoms with Gasteiger partial charge >= 0.3 is 0 Å². The molecule has 2 aliphatic heterocycles. The van der Waals surface area contributed by atoms with Gasteiger partial charge in [-0.3, -0.25) is 4.99 Å². The average Bonchev–Trinajstić information content (AvgIpc) is 2.99. The molecule has 0 aromatic rings. The Kier molecular flexibility index (Phi) is 3.11. The number of rotatable bonds is 2. The summed E-state index contributed by atoms with van der Waals surface area (Å²) in [6, 6.07) is 0.0814. The third-order valence-electron chi connectivity index (χ3n) is 3.62. The van der Waals surface area contributed by atoms with E-state index in [9.17, 15) is 8.42 Å². The molecule has 0 radical (unpaired) electrons. The van der Waals surface area contributed by atoms with Crippen molar-refractivity contribution in [3.63, 3.8) is 0 Å². The molecule has 0 bridgehead atoms. The van der Waals surface area contributed by atoms with Crippen molar-refractivity contribution in [2.75, 3.05) is 18.1 Å². The predicted molar refractivity (Wildman–Crippen MR) is 71.2 cm³/mol. The molecule has 1 N–H and O–H groups in total. The van der Waals surface area contributed by atoms with Gasteiger partial charge in [-0.05, 0) is 31.6 Å². The standard InChI is InChI=1S/C11H18N2O2S2/c14-17(15)5-1-2-9(7-17)13-11-12-6-10(16-11)8-3-4-8/h8-10H,1-7H2,(H,12,13). The summed E-state index contributed by atoms with van der Waals surface area (Å²) < 4.78 is 23.1. The summed E-state index contributed by atoms with van der Waals surface area (Å²) in [6.45, 7) is 0.914. The minimum atomic E-state index is -2.82. The normalized spacial score (nSPS) is 36.6. The fourth-order valence-electron chi connectivity index (χ4n) is 2.50.